The Kier molecular flexibility index (Phi) is 5.22. The number of hydrogen-bond donors (Lipinski definition) is 1. The van der Waals surface area contributed by atoms with E-state index in [-0.39, 0.29) is 5.91 Å². The molecule has 1 saturated heterocycles. The Labute approximate surface area is 166 Å². The third-order valence-corrected chi connectivity index (χ3v) is 5.77. The number of anilines is 1. The highest BCUT2D eigenvalue weighted by molar-refractivity contribution is 5.82. The SMILES string of the molecule is Cc1cc2c(cc1C)OC(C(=O)NCc1cccnc1N1CCN(C)CC1)C2. The topological polar surface area (TPSA) is 57.7 Å². The summed E-state index contributed by atoms with van der Waals surface area (Å²) in [4.78, 5) is 21.9. The minimum atomic E-state index is -0.458. The van der Waals surface area contributed by atoms with Crippen LogP contribution in [0.4, 0.5) is 5.82 Å². The van der Waals surface area contributed by atoms with Crippen molar-refractivity contribution < 1.29 is 9.53 Å². The molecule has 148 valence electrons. The Morgan fingerprint density at radius 1 is 1.21 bits per heavy atom. The normalized spacial score (nSPS) is 19.2. The van der Waals surface area contributed by atoms with Gasteiger partial charge in [0.25, 0.3) is 5.91 Å². The number of pyridine rings is 1. The number of carbonyl (C=O) groups excluding carboxylic acids is 1. The predicted octanol–water partition coefficient (Wildman–Crippen LogP) is 2.07. The standard InChI is InChI=1S/C22H28N4O2/c1-15-11-18-13-20(28-19(18)12-16(15)2)22(27)24-14-17-5-4-6-23-21(17)26-9-7-25(3)8-10-26/h4-6,11-12,20H,7-10,13-14H2,1-3H3,(H,24,27). The van der Waals surface area contributed by atoms with Crippen molar-refractivity contribution >= 4 is 11.7 Å². The average molecular weight is 380 g/mol. The van der Waals surface area contributed by atoms with Crippen molar-refractivity contribution in [2.45, 2.75) is 32.9 Å². The summed E-state index contributed by atoms with van der Waals surface area (Å²) < 4.78 is 5.91. The highest BCUT2D eigenvalue weighted by Crippen LogP contribution is 2.31. The maximum Gasteiger partial charge on any atom is 0.261 e. The van der Waals surface area contributed by atoms with Crippen LogP contribution in [-0.2, 0) is 17.8 Å². The van der Waals surface area contributed by atoms with E-state index in [2.05, 4.69) is 47.1 Å². The van der Waals surface area contributed by atoms with Gasteiger partial charge in [-0.2, -0.15) is 0 Å². The molecule has 0 spiro atoms. The zero-order chi connectivity index (χ0) is 19.7. The summed E-state index contributed by atoms with van der Waals surface area (Å²) in [7, 11) is 2.14. The molecular weight excluding hydrogens is 352 g/mol. The lowest BCUT2D eigenvalue weighted by molar-refractivity contribution is -0.127. The number of piperazine rings is 1. The summed E-state index contributed by atoms with van der Waals surface area (Å²) in [6.45, 7) is 8.57. The number of carbonyl (C=O) groups is 1. The van der Waals surface area contributed by atoms with Gasteiger partial charge < -0.3 is 19.9 Å². The summed E-state index contributed by atoms with van der Waals surface area (Å²) in [5.74, 6) is 1.74. The van der Waals surface area contributed by atoms with Crippen LogP contribution in [0.25, 0.3) is 0 Å². The molecule has 1 fully saturated rings. The van der Waals surface area contributed by atoms with Gasteiger partial charge in [0.1, 0.15) is 11.6 Å². The van der Waals surface area contributed by atoms with Crippen LogP contribution in [0, 0.1) is 13.8 Å². The van der Waals surface area contributed by atoms with E-state index < -0.39 is 6.10 Å². The first-order valence-corrected chi connectivity index (χ1v) is 9.93. The van der Waals surface area contributed by atoms with Gasteiger partial charge in [-0.25, -0.2) is 4.98 Å². The first-order valence-electron chi connectivity index (χ1n) is 9.93. The maximum absolute atomic E-state index is 12.7. The molecule has 3 heterocycles. The summed E-state index contributed by atoms with van der Waals surface area (Å²) in [5.41, 5.74) is 4.58. The minimum absolute atomic E-state index is 0.0697. The molecule has 0 bridgehead atoms. The molecule has 1 N–H and O–H groups in total. The Hall–Kier alpha value is -2.60. The van der Waals surface area contributed by atoms with Crippen LogP contribution in [0.2, 0.25) is 0 Å². The molecule has 4 rings (SSSR count). The zero-order valence-corrected chi connectivity index (χ0v) is 16.9. The largest absolute Gasteiger partial charge is 0.480 e. The van der Waals surface area contributed by atoms with E-state index >= 15 is 0 Å². The zero-order valence-electron chi connectivity index (χ0n) is 16.9. The van der Waals surface area contributed by atoms with Gasteiger partial charge in [0.2, 0.25) is 0 Å². The number of aryl methyl sites for hydroxylation is 2. The summed E-state index contributed by atoms with van der Waals surface area (Å²) in [6.07, 6.45) is 1.99. The molecule has 6 heteroatoms. The number of benzene rings is 1. The lowest BCUT2D eigenvalue weighted by atomic mass is 10.0. The van der Waals surface area contributed by atoms with Crippen LogP contribution in [0.3, 0.4) is 0 Å². The van der Waals surface area contributed by atoms with Crippen LogP contribution in [0.1, 0.15) is 22.3 Å². The van der Waals surface area contributed by atoms with Crippen molar-refractivity contribution in [1.82, 2.24) is 15.2 Å². The molecule has 2 aromatic rings. The van der Waals surface area contributed by atoms with Gasteiger partial charge in [0.05, 0.1) is 0 Å². The van der Waals surface area contributed by atoms with Gasteiger partial charge >= 0.3 is 0 Å². The maximum atomic E-state index is 12.7. The lowest BCUT2D eigenvalue weighted by Crippen LogP contribution is -2.45. The van der Waals surface area contributed by atoms with Crippen LogP contribution >= 0.6 is 0 Å². The Morgan fingerprint density at radius 2 is 1.96 bits per heavy atom. The molecule has 28 heavy (non-hydrogen) atoms. The number of amides is 1. The van der Waals surface area contributed by atoms with E-state index in [0.29, 0.717) is 13.0 Å². The number of fused-ring (bicyclic) bond motifs is 1. The van der Waals surface area contributed by atoms with E-state index in [1.165, 1.54) is 11.1 Å². The molecule has 0 saturated carbocycles. The van der Waals surface area contributed by atoms with Crippen LogP contribution in [0.5, 0.6) is 5.75 Å². The van der Waals surface area contributed by atoms with E-state index in [9.17, 15) is 4.79 Å². The van der Waals surface area contributed by atoms with Crippen molar-refractivity contribution in [1.29, 1.82) is 0 Å². The average Bonchev–Trinajstić information content (AvgIpc) is 3.10. The predicted molar refractivity (Wildman–Crippen MR) is 110 cm³/mol. The third kappa shape index (κ3) is 3.83. The summed E-state index contributed by atoms with van der Waals surface area (Å²) >= 11 is 0. The summed E-state index contributed by atoms with van der Waals surface area (Å²) in [5, 5.41) is 3.05. The first kappa shape index (κ1) is 18.7. The van der Waals surface area contributed by atoms with Crippen molar-refractivity contribution in [2.24, 2.45) is 0 Å². The van der Waals surface area contributed by atoms with Gasteiger partial charge in [0.15, 0.2) is 6.10 Å². The second kappa shape index (κ2) is 7.80. The highest BCUT2D eigenvalue weighted by atomic mass is 16.5. The second-order valence-corrected chi connectivity index (χ2v) is 7.85. The molecule has 1 amide bonds. The van der Waals surface area contributed by atoms with E-state index in [0.717, 1.165) is 48.9 Å². The number of hydrogen-bond acceptors (Lipinski definition) is 5. The number of likely N-dealkylation sites (N-methyl/N-ethyl adjacent to an activating group) is 1. The van der Waals surface area contributed by atoms with Gasteiger partial charge in [-0.1, -0.05) is 12.1 Å². The van der Waals surface area contributed by atoms with Gasteiger partial charge in [-0.3, -0.25) is 4.79 Å². The van der Waals surface area contributed by atoms with Crippen molar-refractivity contribution in [3.05, 3.63) is 52.7 Å². The minimum Gasteiger partial charge on any atom is -0.480 e. The fourth-order valence-corrected chi connectivity index (χ4v) is 3.83. The molecule has 2 aliphatic rings. The summed E-state index contributed by atoms with van der Waals surface area (Å²) in [6, 6.07) is 8.13. The second-order valence-electron chi connectivity index (χ2n) is 7.85. The van der Waals surface area contributed by atoms with Crippen LogP contribution in [0.15, 0.2) is 30.5 Å². The van der Waals surface area contributed by atoms with E-state index in [1.807, 2.05) is 24.4 Å². The molecule has 1 atom stereocenters. The van der Waals surface area contributed by atoms with Gasteiger partial charge in [0, 0.05) is 50.9 Å². The molecule has 1 aromatic heterocycles. The van der Waals surface area contributed by atoms with E-state index in [4.69, 9.17) is 4.74 Å². The lowest BCUT2D eigenvalue weighted by Gasteiger charge is -2.34. The molecule has 1 aromatic carbocycles. The Morgan fingerprint density at radius 3 is 2.75 bits per heavy atom. The number of aromatic nitrogens is 1. The molecule has 6 nitrogen and oxygen atoms in total. The number of rotatable bonds is 4. The van der Waals surface area contributed by atoms with Crippen LogP contribution in [-0.4, -0.2) is 55.1 Å². The molecule has 1 unspecified atom stereocenters. The van der Waals surface area contributed by atoms with E-state index in [1.54, 1.807) is 0 Å². The van der Waals surface area contributed by atoms with Crippen LogP contribution < -0.4 is 15.0 Å². The number of nitrogens with one attached hydrogen (secondary N) is 1. The Bertz CT molecular complexity index is 844. The van der Waals surface area contributed by atoms with Gasteiger partial charge in [-0.15, -0.1) is 0 Å². The van der Waals surface area contributed by atoms with Gasteiger partial charge in [-0.05, 0) is 49.7 Å². The molecule has 2 aliphatic heterocycles. The van der Waals surface area contributed by atoms with Crippen molar-refractivity contribution in [3.8, 4) is 5.75 Å². The third-order valence-electron chi connectivity index (χ3n) is 5.77. The monoisotopic (exact) mass is 380 g/mol. The Balaban J connectivity index is 1.39. The smallest absolute Gasteiger partial charge is 0.261 e. The fraction of sp³-hybridized carbons (Fsp3) is 0.455. The fourth-order valence-electron chi connectivity index (χ4n) is 3.83. The number of ether oxygens (including phenoxy) is 1. The molecular formula is C22H28N4O2. The molecule has 0 aliphatic carbocycles. The quantitative estimate of drug-likeness (QED) is 0.880. The molecule has 0 radical (unpaired) electrons. The van der Waals surface area contributed by atoms with Crippen molar-refractivity contribution in [2.75, 3.05) is 38.1 Å². The van der Waals surface area contributed by atoms with Crippen molar-refractivity contribution in [3.63, 3.8) is 0 Å². The number of nitrogens with zero attached hydrogens (tertiary/aromatic N) is 3. The highest BCUT2D eigenvalue weighted by Gasteiger charge is 2.29. The first-order chi connectivity index (χ1) is 13.5.